The van der Waals surface area contributed by atoms with Crippen LogP contribution in [0.15, 0.2) is 17.1 Å². The van der Waals surface area contributed by atoms with E-state index < -0.39 is 10.0 Å². The molecule has 0 unspecified atom stereocenters. The molecule has 166 valence electrons. The smallest absolute Gasteiger partial charge is 0.213 e. The standard InChI is InChI=1S/C19H32N4O4S.HI/c1-6-28(24,25)22(3)10-7-9-21-19(20-2)23-11-8-15-12-17(26-4)18(27-5)13-16(15)14-23;/h12-13H,6-11,14H2,1-5H3,(H,20,21);1H. The molecule has 1 N–H and O–H groups in total. The Morgan fingerprint density at radius 2 is 1.86 bits per heavy atom. The number of halogens is 1. The second-order valence-electron chi connectivity index (χ2n) is 6.70. The Hall–Kier alpha value is -1.27. The van der Waals surface area contributed by atoms with Gasteiger partial charge in [-0.15, -0.1) is 24.0 Å². The summed E-state index contributed by atoms with van der Waals surface area (Å²) >= 11 is 0. The number of nitrogens with zero attached hydrogens (tertiary/aromatic N) is 3. The van der Waals surface area contributed by atoms with Gasteiger partial charge in [0.25, 0.3) is 0 Å². The predicted molar refractivity (Wildman–Crippen MR) is 127 cm³/mol. The molecular weight excluding hydrogens is 507 g/mol. The van der Waals surface area contributed by atoms with Crippen molar-refractivity contribution in [3.05, 3.63) is 23.3 Å². The highest BCUT2D eigenvalue weighted by atomic mass is 127. The van der Waals surface area contributed by atoms with Crippen LogP contribution in [0.2, 0.25) is 0 Å². The molecule has 0 radical (unpaired) electrons. The summed E-state index contributed by atoms with van der Waals surface area (Å²) in [5.41, 5.74) is 2.45. The first kappa shape index (κ1) is 25.8. The summed E-state index contributed by atoms with van der Waals surface area (Å²) in [6.45, 7) is 4.39. The van der Waals surface area contributed by atoms with Crippen LogP contribution in [0.5, 0.6) is 11.5 Å². The molecule has 1 aromatic carbocycles. The van der Waals surface area contributed by atoms with E-state index in [9.17, 15) is 8.42 Å². The van der Waals surface area contributed by atoms with Crippen molar-refractivity contribution < 1.29 is 17.9 Å². The van der Waals surface area contributed by atoms with Crippen LogP contribution in [0.1, 0.15) is 24.5 Å². The minimum atomic E-state index is -3.13. The maximum absolute atomic E-state index is 11.8. The monoisotopic (exact) mass is 540 g/mol. The largest absolute Gasteiger partial charge is 0.493 e. The van der Waals surface area contributed by atoms with Crippen molar-refractivity contribution in [2.45, 2.75) is 26.3 Å². The summed E-state index contributed by atoms with van der Waals surface area (Å²) in [4.78, 5) is 6.58. The van der Waals surface area contributed by atoms with Gasteiger partial charge in [0.05, 0.1) is 20.0 Å². The number of ether oxygens (including phenoxy) is 2. The number of hydrogen-bond donors (Lipinski definition) is 1. The molecule has 0 fully saturated rings. The third-order valence-corrected chi connectivity index (χ3v) is 6.86. The van der Waals surface area contributed by atoms with E-state index in [1.54, 1.807) is 35.2 Å². The number of sulfonamides is 1. The van der Waals surface area contributed by atoms with E-state index in [0.717, 1.165) is 37.0 Å². The maximum atomic E-state index is 11.8. The molecule has 10 heteroatoms. The number of rotatable bonds is 8. The number of nitrogens with one attached hydrogen (secondary N) is 1. The average molecular weight is 540 g/mol. The lowest BCUT2D eigenvalue weighted by Crippen LogP contribution is -2.44. The van der Waals surface area contributed by atoms with Crippen molar-refractivity contribution in [1.82, 2.24) is 14.5 Å². The maximum Gasteiger partial charge on any atom is 0.213 e. The third-order valence-electron chi connectivity index (χ3n) is 5.00. The highest BCUT2D eigenvalue weighted by Gasteiger charge is 2.21. The van der Waals surface area contributed by atoms with Gasteiger partial charge in [-0.1, -0.05) is 0 Å². The lowest BCUT2D eigenvalue weighted by molar-refractivity contribution is 0.345. The van der Waals surface area contributed by atoms with Gasteiger partial charge in [0.15, 0.2) is 17.5 Å². The van der Waals surface area contributed by atoms with E-state index in [-0.39, 0.29) is 29.7 Å². The fourth-order valence-corrected chi connectivity index (χ4v) is 4.11. The Bertz CT molecular complexity index is 802. The lowest BCUT2D eigenvalue weighted by atomic mass is 9.99. The van der Waals surface area contributed by atoms with Gasteiger partial charge >= 0.3 is 0 Å². The predicted octanol–water partition coefficient (Wildman–Crippen LogP) is 1.93. The number of methoxy groups -OCH3 is 2. The Morgan fingerprint density at radius 1 is 1.24 bits per heavy atom. The van der Waals surface area contributed by atoms with Crippen molar-refractivity contribution in [3.63, 3.8) is 0 Å². The molecule has 0 amide bonds. The number of benzene rings is 1. The summed E-state index contributed by atoms with van der Waals surface area (Å²) in [6, 6.07) is 4.07. The third kappa shape index (κ3) is 6.61. The molecule has 0 bridgehead atoms. The van der Waals surface area contributed by atoms with E-state index in [2.05, 4.69) is 15.2 Å². The fraction of sp³-hybridized carbons (Fsp3) is 0.632. The van der Waals surface area contributed by atoms with Gasteiger partial charge in [-0.3, -0.25) is 4.99 Å². The van der Waals surface area contributed by atoms with Gasteiger partial charge in [-0.2, -0.15) is 0 Å². The van der Waals surface area contributed by atoms with Crippen molar-refractivity contribution >= 4 is 40.0 Å². The summed E-state index contributed by atoms with van der Waals surface area (Å²) in [5, 5.41) is 3.34. The summed E-state index contributed by atoms with van der Waals surface area (Å²) in [7, 11) is 3.55. The summed E-state index contributed by atoms with van der Waals surface area (Å²) in [6.07, 6.45) is 1.61. The molecule has 0 spiro atoms. The second kappa shape index (κ2) is 11.8. The lowest BCUT2D eigenvalue weighted by Gasteiger charge is -2.32. The molecular formula is C19H33IN4O4S. The van der Waals surface area contributed by atoms with Crippen LogP contribution in [-0.2, 0) is 23.0 Å². The highest BCUT2D eigenvalue weighted by Crippen LogP contribution is 2.33. The Balaban J connectivity index is 0.00000420. The molecule has 2 rings (SSSR count). The normalized spacial score (nSPS) is 14.3. The second-order valence-corrected chi connectivity index (χ2v) is 9.06. The van der Waals surface area contributed by atoms with E-state index in [4.69, 9.17) is 9.47 Å². The Labute approximate surface area is 191 Å². The van der Waals surface area contributed by atoms with E-state index in [0.29, 0.717) is 19.5 Å². The zero-order chi connectivity index (χ0) is 20.7. The molecule has 0 aromatic heterocycles. The number of hydrogen-bond acceptors (Lipinski definition) is 5. The quantitative estimate of drug-likeness (QED) is 0.235. The van der Waals surface area contributed by atoms with Crippen LogP contribution in [0.25, 0.3) is 0 Å². The Kier molecular flexibility index (Phi) is 10.5. The van der Waals surface area contributed by atoms with Crippen molar-refractivity contribution in [2.75, 3.05) is 53.7 Å². The molecule has 8 nitrogen and oxygen atoms in total. The Morgan fingerprint density at radius 3 is 2.41 bits per heavy atom. The fourth-order valence-electron chi connectivity index (χ4n) is 3.26. The minimum Gasteiger partial charge on any atom is -0.493 e. The van der Waals surface area contributed by atoms with E-state index >= 15 is 0 Å². The zero-order valence-corrected chi connectivity index (χ0v) is 21.0. The molecule has 1 heterocycles. The van der Waals surface area contributed by atoms with Crippen LogP contribution in [0, 0.1) is 0 Å². The first-order valence-corrected chi connectivity index (χ1v) is 11.1. The highest BCUT2D eigenvalue weighted by molar-refractivity contribution is 14.0. The van der Waals surface area contributed by atoms with Gasteiger partial charge in [0, 0.05) is 40.3 Å². The van der Waals surface area contributed by atoms with E-state index in [1.165, 1.54) is 15.4 Å². The molecule has 0 aliphatic carbocycles. The topological polar surface area (TPSA) is 83.5 Å². The van der Waals surface area contributed by atoms with Gasteiger partial charge < -0.3 is 19.7 Å². The molecule has 29 heavy (non-hydrogen) atoms. The SMILES string of the molecule is CCS(=O)(=O)N(C)CCCNC(=NC)N1CCc2cc(OC)c(OC)cc2C1.I. The van der Waals surface area contributed by atoms with Crippen LogP contribution < -0.4 is 14.8 Å². The zero-order valence-electron chi connectivity index (χ0n) is 17.9. The van der Waals surface area contributed by atoms with Crippen LogP contribution >= 0.6 is 24.0 Å². The first-order valence-electron chi connectivity index (χ1n) is 9.49. The average Bonchev–Trinajstić information content (AvgIpc) is 2.72. The summed E-state index contributed by atoms with van der Waals surface area (Å²) < 4.78 is 35.8. The van der Waals surface area contributed by atoms with Gasteiger partial charge in [-0.05, 0) is 43.0 Å². The van der Waals surface area contributed by atoms with Crippen molar-refractivity contribution in [3.8, 4) is 11.5 Å². The van der Waals surface area contributed by atoms with Crippen LogP contribution in [-0.4, -0.2) is 77.3 Å². The van der Waals surface area contributed by atoms with Crippen molar-refractivity contribution in [2.24, 2.45) is 4.99 Å². The van der Waals surface area contributed by atoms with Crippen LogP contribution in [0.3, 0.4) is 0 Å². The molecule has 0 saturated heterocycles. The molecule has 1 aliphatic heterocycles. The van der Waals surface area contributed by atoms with Gasteiger partial charge in [0.1, 0.15) is 0 Å². The van der Waals surface area contributed by atoms with Gasteiger partial charge in [0.2, 0.25) is 10.0 Å². The molecule has 0 saturated carbocycles. The molecule has 0 atom stereocenters. The molecule has 1 aromatic rings. The number of fused-ring (bicyclic) bond motifs is 1. The van der Waals surface area contributed by atoms with Gasteiger partial charge in [-0.25, -0.2) is 12.7 Å². The van der Waals surface area contributed by atoms with Crippen molar-refractivity contribution in [1.29, 1.82) is 0 Å². The van der Waals surface area contributed by atoms with E-state index in [1.807, 2.05) is 12.1 Å². The molecule has 1 aliphatic rings. The van der Waals surface area contributed by atoms with Crippen LogP contribution in [0.4, 0.5) is 0 Å². The minimum absolute atomic E-state index is 0. The number of guanidine groups is 1. The number of aliphatic imine (C=N–C) groups is 1. The summed E-state index contributed by atoms with van der Waals surface area (Å²) in [5.74, 6) is 2.43. The first-order chi connectivity index (χ1) is 13.4.